The molecule has 0 unspecified atom stereocenters. The van der Waals surface area contributed by atoms with Gasteiger partial charge in [0.15, 0.2) is 5.65 Å². The fourth-order valence-electron chi connectivity index (χ4n) is 3.13. The molecule has 0 saturated heterocycles. The van der Waals surface area contributed by atoms with E-state index in [1.165, 1.54) is 0 Å². The molecule has 4 rings (SSSR count). The number of benzene rings is 2. The van der Waals surface area contributed by atoms with Crippen LogP contribution in [0.5, 0.6) is 11.5 Å². The average molecular weight is 388 g/mol. The molecule has 0 spiro atoms. The van der Waals surface area contributed by atoms with Crippen LogP contribution in [0.1, 0.15) is 5.56 Å². The molecule has 1 N–H and O–H groups in total. The van der Waals surface area contributed by atoms with E-state index >= 15 is 0 Å². The molecule has 2 aromatic carbocycles. The first-order valence-electron chi connectivity index (χ1n) is 9.07. The molecule has 7 nitrogen and oxygen atoms in total. The zero-order valence-electron chi connectivity index (χ0n) is 16.1. The summed E-state index contributed by atoms with van der Waals surface area (Å²) in [4.78, 5) is 21.3. The normalized spacial score (nSPS) is 10.7. The van der Waals surface area contributed by atoms with Gasteiger partial charge in [0.05, 0.1) is 38.7 Å². The standard InChI is InChI=1S/C22H20N4O3/c1-28-16-7-5-6-15(10-16)11-22(27)25-21-13-24-20-12-23-18(14-26(20)21)17-8-3-4-9-19(17)29-2/h3-10,12-14H,11H2,1-2H3,(H,25,27). The van der Waals surface area contributed by atoms with Crippen LogP contribution in [0.15, 0.2) is 67.1 Å². The fourth-order valence-corrected chi connectivity index (χ4v) is 3.13. The van der Waals surface area contributed by atoms with Crippen molar-refractivity contribution in [3.8, 4) is 22.8 Å². The number of rotatable bonds is 6. The highest BCUT2D eigenvalue weighted by molar-refractivity contribution is 5.92. The molecule has 7 heteroatoms. The number of fused-ring (bicyclic) bond motifs is 1. The summed E-state index contributed by atoms with van der Waals surface area (Å²) in [7, 11) is 3.23. The van der Waals surface area contributed by atoms with Gasteiger partial charge in [-0.3, -0.25) is 14.2 Å². The number of anilines is 1. The highest BCUT2D eigenvalue weighted by Gasteiger charge is 2.12. The van der Waals surface area contributed by atoms with E-state index in [0.29, 0.717) is 11.5 Å². The van der Waals surface area contributed by atoms with Gasteiger partial charge >= 0.3 is 0 Å². The Kier molecular flexibility index (Phi) is 5.11. The lowest BCUT2D eigenvalue weighted by molar-refractivity contribution is -0.115. The third-order valence-electron chi connectivity index (χ3n) is 4.55. The van der Waals surface area contributed by atoms with E-state index in [4.69, 9.17) is 9.47 Å². The second kappa shape index (κ2) is 8.02. The topological polar surface area (TPSA) is 77.8 Å². The number of ether oxygens (including phenoxy) is 2. The summed E-state index contributed by atoms with van der Waals surface area (Å²) in [5.74, 6) is 1.88. The van der Waals surface area contributed by atoms with Crippen LogP contribution < -0.4 is 14.8 Å². The Hall–Kier alpha value is -3.87. The van der Waals surface area contributed by atoms with Gasteiger partial charge in [0.2, 0.25) is 5.91 Å². The van der Waals surface area contributed by atoms with Gasteiger partial charge in [0, 0.05) is 11.8 Å². The highest BCUT2D eigenvalue weighted by Crippen LogP contribution is 2.28. The van der Waals surface area contributed by atoms with Crippen LogP contribution in [0.25, 0.3) is 16.9 Å². The minimum Gasteiger partial charge on any atom is -0.497 e. The van der Waals surface area contributed by atoms with Crippen molar-refractivity contribution in [2.45, 2.75) is 6.42 Å². The van der Waals surface area contributed by atoms with Crippen molar-refractivity contribution in [3.05, 3.63) is 72.7 Å². The molecule has 0 aliphatic rings. The first-order chi connectivity index (χ1) is 14.2. The van der Waals surface area contributed by atoms with E-state index in [1.807, 2.05) is 54.7 Å². The number of aromatic nitrogens is 3. The number of nitrogens with zero attached hydrogens (tertiary/aromatic N) is 3. The lowest BCUT2D eigenvalue weighted by Gasteiger charge is -2.09. The minimum absolute atomic E-state index is 0.143. The smallest absolute Gasteiger partial charge is 0.229 e. The molecule has 0 aliphatic heterocycles. The largest absolute Gasteiger partial charge is 0.497 e. The number of hydrogen-bond donors (Lipinski definition) is 1. The average Bonchev–Trinajstić information content (AvgIpc) is 3.15. The molecule has 2 heterocycles. The molecule has 0 aliphatic carbocycles. The first-order valence-corrected chi connectivity index (χ1v) is 9.07. The van der Waals surface area contributed by atoms with Gasteiger partial charge in [-0.2, -0.15) is 0 Å². The van der Waals surface area contributed by atoms with E-state index in [0.717, 1.165) is 28.3 Å². The summed E-state index contributed by atoms with van der Waals surface area (Å²) in [6.07, 6.45) is 5.35. The molecule has 0 bridgehead atoms. The fraction of sp³-hybridized carbons (Fsp3) is 0.136. The van der Waals surface area contributed by atoms with E-state index in [2.05, 4.69) is 15.3 Å². The highest BCUT2D eigenvalue weighted by atomic mass is 16.5. The Morgan fingerprint density at radius 1 is 1.03 bits per heavy atom. The van der Waals surface area contributed by atoms with Crippen molar-refractivity contribution in [1.29, 1.82) is 0 Å². The Morgan fingerprint density at radius 2 is 1.90 bits per heavy atom. The number of hydrogen-bond acceptors (Lipinski definition) is 5. The minimum atomic E-state index is -0.143. The maximum atomic E-state index is 12.5. The molecule has 1 amide bonds. The third-order valence-corrected chi connectivity index (χ3v) is 4.55. The van der Waals surface area contributed by atoms with Gasteiger partial charge in [-0.05, 0) is 29.8 Å². The van der Waals surface area contributed by atoms with E-state index in [-0.39, 0.29) is 12.3 Å². The van der Waals surface area contributed by atoms with Crippen LogP contribution >= 0.6 is 0 Å². The van der Waals surface area contributed by atoms with Gasteiger partial charge < -0.3 is 14.8 Å². The van der Waals surface area contributed by atoms with Crippen molar-refractivity contribution >= 4 is 17.4 Å². The lowest BCUT2D eigenvalue weighted by Crippen LogP contribution is -2.15. The van der Waals surface area contributed by atoms with Crippen LogP contribution in [0.2, 0.25) is 0 Å². The Balaban J connectivity index is 1.60. The van der Waals surface area contributed by atoms with Crippen molar-refractivity contribution < 1.29 is 14.3 Å². The van der Waals surface area contributed by atoms with Crippen molar-refractivity contribution in [2.75, 3.05) is 19.5 Å². The van der Waals surface area contributed by atoms with Gasteiger partial charge in [0.25, 0.3) is 0 Å². The van der Waals surface area contributed by atoms with Gasteiger partial charge in [-0.1, -0.05) is 24.3 Å². The van der Waals surface area contributed by atoms with E-state index in [1.54, 1.807) is 31.0 Å². The Morgan fingerprint density at radius 3 is 2.72 bits per heavy atom. The first kappa shape index (κ1) is 18.5. The van der Waals surface area contributed by atoms with Crippen molar-refractivity contribution in [2.24, 2.45) is 0 Å². The molecular weight excluding hydrogens is 368 g/mol. The van der Waals surface area contributed by atoms with Crippen molar-refractivity contribution in [1.82, 2.24) is 14.4 Å². The molecule has 4 aromatic rings. The molecule has 0 radical (unpaired) electrons. The van der Waals surface area contributed by atoms with E-state index in [9.17, 15) is 4.79 Å². The van der Waals surface area contributed by atoms with E-state index < -0.39 is 0 Å². The van der Waals surface area contributed by atoms with Crippen molar-refractivity contribution in [3.63, 3.8) is 0 Å². The predicted octanol–water partition coefficient (Wildman–Crippen LogP) is 3.59. The number of para-hydroxylation sites is 1. The number of carbonyl (C=O) groups is 1. The maximum absolute atomic E-state index is 12.5. The predicted molar refractivity (Wildman–Crippen MR) is 110 cm³/mol. The Bertz CT molecular complexity index is 1170. The summed E-state index contributed by atoms with van der Waals surface area (Å²) in [5, 5.41) is 2.92. The molecular formula is C22H20N4O3. The van der Waals surface area contributed by atoms with Crippen LogP contribution in [-0.2, 0) is 11.2 Å². The molecule has 146 valence electrons. The van der Waals surface area contributed by atoms with Crippen LogP contribution in [-0.4, -0.2) is 34.5 Å². The summed E-state index contributed by atoms with van der Waals surface area (Å²) >= 11 is 0. The summed E-state index contributed by atoms with van der Waals surface area (Å²) in [5.41, 5.74) is 3.09. The monoisotopic (exact) mass is 388 g/mol. The number of amides is 1. The molecule has 0 fully saturated rings. The summed E-state index contributed by atoms with van der Waals surface area (Å²) in [6, 6.07) is 15.1. The lowest BCUT2D eigenvalue weighted by atomic mass is 10.1. The summed E-state index contributed by atoms with van der Waals surface area (Å²) < 4.78 is 12.4. The van der Waals surface area contributed by atoms with Crippen LogP contribution in [0.3, 0.4) is 0 Å². The number of carbonyl (C=O) groups excluding carboxylic acids is 1. The van der Waals surface area contributed by atoms with Gasteiger partial charge in [-0.25, -0.2) is 4.98 Å². The number of nitrogens with one attached hydrogen (secondary N) is 1. The SMILES string of the molecule is COc1cccc(CC(=O)Nc2cnc3cnc(-c4ccccc4OC)cn23)c1. The summed E-state index contributed by atoms with van der Waals surface area (Å²) in [6.45, 7) is 0. The zero-order valence-corrected chi connectivity index (χ0v) is 16.1. The van der Waals surface area contributed by atoms with Gasteiger partial charge in [-0.15, -0.1) is 0 Å². The van der Waals surface area contributed by atoms with Crippen LogP contribution in [0, 0.1) is 0 Å². The third kappa shape index (κ3) is 3.89. The zero-order chi connectivity index (χ0) is 20.2. The Labute approximate surface area is 168 Å². The number of imidazole rings is 1. The molecule has 29 heavy (non-hydrogen) atoms. The van der Waals surface area contributed by atoms with Crippen LogP contribution in [0.4, 0.5) is 5.82 Å². The number of methoxy groups -OCH3 is 2. The second-order valence-corrected chi connectivity index (χ2v) is 6.42. The molecule has 2 aromatic heterocycles. The van der Waals surface area contributed by atoms with Gasteiger partial charge in [0.1, 0.15) is 17.3 Å². The second-order valence-electron chi connectivity index (χ2n) is 6.42. The quantitative estimate of drug-likeness (QED) is 0.546. The maximum Gasteiger partial charge on any atom is 0.229 e. The molecule has 0 saturated carbocycles. The molecule has 0 atom stereocenters.